The van der Waals surface area contributed by atoms with Crippen LogP contribution >= 0.6 is 11.6 Å². The Balaban J connectivity index is 2.36. The molecule has 94 valence electrons. The lowest BCUT2D eigenvalue weighted by atomic mass is 10.2. The summed E-state index contributed by atoms with van der Waals surface area (Å²) in [6, 6.07) is 1.49. The number of benzene rings is 1. The summed E-state index contributed by atoms with van der Waals surface area (Å²) in [6.45, 7) is 1.30. The summed E-state index contributed by atoms with van der Waals surface area (Å²) in [4.78, 5) is 1.84. The first-order chi connectivity index (χ1) is 8.04. The van der Waals surface area contributed by atoms with Gasteiger partial charge in [0.2, 0.25) is 0 Å². The monoisotopic (exact) mass is 259 g/mol. The number of methoxy groups -OCH3 is 1. The van der Waals surface area contributed by atoms with Gasteiger partial charge < -0.3 is 21.1 Å². The summed E-state index contributed by atoms with van der Waals surface area (Å²) >= 11 is 5.79. The van der Waals surface area contributed by atoms with Crippen LogP contribution < -0.4 is 16.4 Å². The van der Waals surface area contributed by atoms with Crippen molar-refractivity contribution < 1.29 is 9.13 Å². The molecular weight excluding hydrogens is 245 g/mol. The fraction of sp³-hybridized carbons (Fsp3) is 0.455. The fourth-order valence-electron chi connectivity index (χ4n) is 2.10. The minimum absolute atomic E-state index is 0.0740. The molecule has 0 radical (unpaired) electrons. The van der Waals surface area contributed by atoms with E-state index in [9.17, 15) is 4.39 Å². The minimum Gasteiger partial charge on any atom is -0.397 e. The SMILES string of the molecule is COC1CCN(c2c(N)cc(N)c(Cl)c2F)C1. The highest BCUT2D eigenvalue weighted by Gasteiger charge is 2.27. The van der Waals surface area contributed by atoms with Crippen LogP contribution in [0.15, 0.2) is 6.07 Å². The number of ether oxygens (including phenoxy) is 1. The Morgan fingerprint density at radius 2 is 2.18 bits per heavy atom. The van der Waals surface area contributed by atoms with E-state index >= 15 is 0 Å². The second-order valence-corrected chi connectivity index (χ2v) is 4.50. The zero-order chi connectivity index (χ0) is 12.6. The molecule has 1 aromatic rings. The molecular formula is C11H15ClFN3O. The Kier molecular flexibility index (Phi) is 3.31. The Morgan fingerprint density at radius 1 is 1.47 bits per heavy atom. The second-order valence-electron chi connectivity index (χ2n) is 4.12. The molecule has 4 N–H and O–H groups in total. The Bertz CT molecular complexity index is 441. The molecule has 1 heterocycles. The van der Waals surface area contributed by atoms with Crippen molar-refractivity contribution in [2.75, 3.05) is 36.6 Å². The molecule has 1 aliphatic heterocycles. The van der Waals surface area contributed by atoms with Crippen LogP contribution in [0.5, 0.6) is 0 Å². The van der Waals surface area contributed by atoms with Crippen LogP contribution in [-0.2, 0) is 4.74 Å². The van der Waals surface area contributed by atoms with Crippen molar-refractivity contribution in [1.82, 2.24) is 0 Å². The highest BCUT2D eigenvalue weighted by molar-refractivity contribution is 6.33. The maximum atomic E-state index is 14.0. The van der Waals surface area contributed by atoms with E-state index in [1.165, 1.54) is 6.07 Å². The van der Waals surface area contributed by atoms with Crippen LogP contribution in [0.25, 0.3) is 0 Å². The van der Waals surface area contributed by atoms with E-state index in [2.05, 4.69) is 0 Å². The lowest BCUT2D eigenvalue weighted by molar-refractivity contribution is 0.121. The normalized spacial score (nSPS) is 19.9. The van der Waals surface area contributed by atoms with E-state index in [1.807, 2.05) is 4.90 Å². The molecule has 1 atom stereocenters. The number of rotatable bonds is 2. The predicted octanol–water partition coefficient (Wildman–Crippen LogP) is 1.87. The number of nitrogen functional groups attached to an aromatic ring is 2. The number of hydrogen-bond acceptors (Lipinski definition) is 4. The maximum Gasteiger partial charge on any atom is 0.169 e. The van der Waals surface area contributed by atoms with Gasteiger partial charge in [-0.1, -0.05) is 11.6 Å². The average molecular weight is 260 g/mol. The van der Waals surface area contributed by atoms with E-state index in [-0.39, 0.29) is 16.8 Å². The van der Waals surface area contributed by atoms with E-state index in [0.717, 1.165) is 6.42 Å². The van der Waals surface area contributed by atoms with Gasteiger partial charge in [0.1, 0.15) is 5.02 Å². The molecule has 0 spiro atoms. The molecule has 1 aromatic carbocycles. The van der Waals surface area contributed by atoms with Gasteiger partial charge in [0.15, 0.2) is 5.82 Å². The van der Waals surface area contributed by atoms with Crippen LogP contribution in [0.3, 0.4) is 0 Å². The topological polar surface area (TPSA) is 64.5 Å². The molecule has 0 amide bonds. The first-order valence-electron chi connectivity index (χ1n) is 5.35. The summed E-state index contributed by atoms with van der Waals surface area (Å²) in [5.74, 6) is -0.555. The number of nitrogens with two attached hydrogens (primary N) is 2. The van der Waals surface area contributed by atoms with E-state index < -0.39 is 5.82 Å². The zero-order valence-electron chi connectivity index (χ0n) is 9.54. The van der Waals surface area contributed by atoms with Gasteiger partial charge in [-0.15, -0.1) is 0 Å². The van der Waals surface area contributed by atoms with Crippen LogP contribution in [-0.4, -0.2) is 26.3 Å². The molecule has 4 nitrogen and oxygen atoms in total. The number of nitrogens with zero attached hydrogens (tertiary/aromatic N) is 1. The van der Waals surface area contributed by atoms with Gasteiger partial charge >= 0.3 is 0 Å². The van der Waals surface area contributed by atoms with Crippen LogP contribution in [0, 0.1) is 5.82 Å². The van der Waals surface area contributed by atoms with Crippen molar-refractivity contribution in [3.05, 3.63) is 16.9 Å². The third-order valence-corrected chi connectivity index (χ3v) is 3.42. The summed E-state index contributed by atoms with van der Waals surface area (Å²) in [7, 11) is 1.64. The van der Waals surface area contributed by atoms with E-state index in [4.69, 9.17) is 27.8 Å². The van der Waals surface area contributed by atoms with E-state index in [1.54, 1.807) is 7.11 Å². The van der Waals surface area contributed by atoms with Crippen molar-refractivity contribution in [3.63, 3.8) is 0 Å². The number of hydrogen-bond donors (Lipinski definition) is 2. The zero-order valence-corrected chi connectivity index (χ0v) is 10.3. The highest BCUT2D eigenvalue weighted by Crippen LogP contribution is 2.37. The predicted molar refractivity (Wildman–Crippen MR) is 67.9 cm³/mol. The fourth-order valence-corrected chi connectivity index (χ4v) is 2.25. The molecule has 1 fully saturated rings. The summed E-state index contributed by atoms with van der Waals surface area (Å²) in [5.41, 5.74) is 12.1. The van der Waals surface area contributed by atoms with Gasteiger partial charge in [0.05, 0.1) is 23.2 Å². The molecule has 0 aliphatic carbocycles. The first kappa shape index (κ1) is 12.3. The quantitative estimate of drug-likeness (QED) is 0.796. The third-order valence-electron chi connectivity index (χ3n) is 3.03. The molecule has 2 rings (SSSR count). The molecule has 1 aliphatic rings. The van der Waals surface area contributed by atoms with Crippen LogP contribution in [0.1, 0.15) is 6.42 Å². The number of halogens is 2. The molecule has 1 unspecified atom stereocenters. The lowest BCUT2D eigenvalue weighted by Gasteiger charge is -2.22. The molecule has 0 aromatic heterocycles. The van der Waals surface area contributed by atoms with Crippen molar-refractivity contribution in [2.24, 2.45) is 0 Å². The molecule has 6 heteroatoms. The van der Waals surface area contributed by atoms with Crippen LogP contribution in [0.2, 0.25) is 5.02 Å². The first-order valence-corrected chi connectivity index (χ1v) is 5.73. The molecule has 17 heavy (non-hydrogen) atoms. The highest BCUT2D eigenvalue weighted by atomic mass is 35.5. The van der Waals surface area contributed by atoms with Gasteiger partial charge in [-0.2, -0.15) is 0 Å². The Hall–Kier alpha value is -1.20. The molecule has 1 saturated heterocycles. The van der Waals surface area contributed by atoms with Gasteiger partial charge in [-0.25, -0.2) is 4.39 Å². The summed E-state index contributed by atoms with van der Waals surface area (Å²) < 4.78 is 19.3. The maximum absolute atomic E-state index is 14.0. The van der Waals surface area contributed by atoms with Crippen molar-refractivity contribution in [2.45, 2.75) is 12.5 Å². The Morgan fingerprint density at radius 3 is 2.76 bits per heavy atom. The smallest absolute Gasteiger partial charge is 0.169 e. The second kappa shape index (κ2) is 4.58. The minimum atomic E-state index is -0.555. The lowest BCUT2D eigenvalue weighted by Crippen LogP contribution is -2.24. The van der Waals surface area contributed by atoms with E-state index in [0.29, 0.717) is 24.5 Å². The Labute approximate surface area is 104 Å². The average Bonchev–Trinajstić information content (AvgIpc) is 2.74. The van der Waals surface area contributed by atoms with Gasteiger partial charge in [-0.3, -0.25) is 0 Å². The molecule has 0 saturated carbocycles. The standard InChI is InChI=1S/C11H15ClFN3O/c1-17-6-2-3-16(5-6)11-8(15)4-7(14)9(12)10(11)13/h4,6H,2-3,5,14-15H2,1H3. The molecule has 0 bridgehead atoms. The van der Waals surface area contributed by atoms with Crippen molar-refractivity contribution in [1.29, 1.82) is 0 Å². The largest absolute Gasteiger partial charge is 0.397 e. The summed E-state index contributed by atoms with van der Waals surface area (Å²) in [6.07, 6.45) is 0.947. The third kappa shape index (κ3) is 2.12. The van der Waals surface area contributed by atoms with Crippen molar-refractivity contribution >= 4 is 28.7 Å². The van der Waals surface area contributed by atoms with Crippen LogP contribution in [0.4, 0.5) is 21.5 Å². The van der Waals surface area contributed by atoms with Crippen molar-refractivity contribution in [3.8, 4) is 0 Å². The summed E-state index contributed by atoms with van der Waals surface area (Å²) in [5, 5.41) is -0.0740. The van der Waals surface area contributed by atoms with Gasteiger partial charge in [0, 0.05) is 20.2 Å². The van der Waals surface area contributed by atoms with Gasteiger partial charge in [0.25, 0.3) is 0 Å². The van der Waals surface area contributed by atoms with Gasteiger partial charge in [-0.05, 0) is 12.5 Å². The number of anilines is 3.